The van der Waals surface area contributed by atoms with E-state index >= 15 is 0 Å². The second-order valence-electron chi connectivity index (χ2n) is 6.16. The van der Waals surface area contributed by atoms with Gasteiger partial charge in [-0.1, -0.05) is 17.7 Å². The lowest BCUT2D eigenvalue weighted by Crippen LogP contribution is -2.35. The smallest absolute Gasteiger partial charge is 0.243 e. The number of halogens is 2. The highest BCUT2D eigenvalue weighted by Gasteiger charge is 2.24. The fourth-order valence-corrected chi connectivity index (χ4v) is 3.80. The highest BCUT2D eigenvalue weighted by molar-refractivity contribution is 7.89. The predicted octanol–water partition coefficient (Wildman–Crippen LogP) is 3.15. The van der Waals surface area contributed by atoms with Gasteiger partial charge >= 0.3 is 0 Å². The second kappa shape index (κ2) is 7.51. The monoisotopic (exact) mass is 382 g/mol. The van der Waals surface area contributed by atoms with Gasteiger partial charge in [-0.3, -0.25) is 4.79 Å². The first-order chi connectivity index (χ1) is 12.0. The molecule has 0 bridgehead atoms. The molecule has 0 aromatic heterocycles. The van der Waals surface area contributed by atoms with E-state index in [1.807, 2.05) is 32.9 Å². The van der Waals surface area contributed by atoms with E-state index in [-0.39, 0.29) is 0 Å². The minimum absolute atomic E-state index is 0.422. The third-order valence-electron chi connectivity index (χ3n) is 3.91. The van der Waals surface area contributed by atoms with Crippen molar-refractivity contribution < 1.29 is 22.0 Å². The highest BCUT2D eigenvalue weighted by Crippen LogP contribution is 2.22. The van der Waals surface area contributed by atoms with Crippen molar-refractivity contribution in [1.82, 2.24) is 4.31 Å². The minimum atomic E-state index is -4.13. The molecule has 0 saturated carbocycles. The Balaban J connectivity index is 2.17. The Hall–Kier alpha value is -2.32. The van der Waals surface area contributed by atoms with Crippen molar-refractivity contribution in [2.24, 2.45) is 0 Å². The Morgan fingerprint density at radius 2 is 1.62 bits per heavy atom. The van der Waals surface area contributed by atoms with Gasteiger partial charge in [0.25, 0.3) is 0 Å². The fraction of sp³-hybridized carbons (Fsp3) is 0.278. The van der Waals surface area contributed by atoms with Crippen LogP contribution in [0.15, 0.2) is 35.2 Å². The lowest BCUT2D eigenvalue weighted by molar-refractivity contribution is -0.116. The molecule has 2 rings (SSSR count). The maximum atomic E-state index is 13.3. The zero-order chi connectivity index (χ0) is 19.6. The number of amides is 1. The number of nitrogens with one attached hydrogen (secondary N) is 1. The van der Waals surface area contributed by atoms with Crippen LogP contribution in [-0.2, 0) is 14.8 Å². The summed E-state index contributed by atoms with van der Waals surface area (Å²) in [6.45, 7) is 5.16. The fourth-order valence-electron chi connectivity index (χ4n) is 2.66. The van der Waals surface area contributed by atoms with Crippen molar-refractivity contribution >= 4 is 21.6 Å². The number of nitrogens with zero attached hydrogens (tertiary/aromatic N) is 1. The zero-order valence-corrected chi connectivity index (χ0v) is 15.7. The summed E-state index contributed by atoms with van der Waals surface area (Å²) in [5.74, 6) is -2.95. The average molecular weight is 382 g/mol. The molecule has 0 spiro atoms. The van der Waals surface area contributed by atoms with Crippen LogP contribution in [0.3, 0.4) is 0 Å². The minimum Gasteiger partial charge on any atom is -0.324 e. The number of carbonyl (C=O) groups is 1. The number of likely N-dealkylation sites (N-methyl/N-ethyl adjacent to an activating group) is 1. The van der Waals surface area contributed by atoms with Gasteiger partial charge in [-0.05, 0) is 50.1 Å². The Bertz CT molecular complexity index is 936. The summed E-state index contributed by atoms with van der Waals surface area (Å²) in [7, 11) is -2.93. The molecule has 1 N–H and O–H groups in total. The van der Waals surface area contributed by atoms with Crippen molar-refractivity contribution in [3.8, 4) is 0 Å². The highest BCUT2D eigenvalue weighted by atomic mass is 32.2. The van der Waals surface area contributed by atoms with E-state index < -0.39 is 39.0 Å². The van der Waals surface area contributed by atoms with E-state index in [9.17, 15) is 22.0 Å². The van der Waals surface area contributed by atoms with Crippen LogP contribution in [0.25, 0.3) is 0 Å². The summed E-state index contributed by atoms with van der Waals surface area (Å²) < 4.78 is 51.9. The Morgan fingerprint density at radius 1 is 1.04 bits per heavy atom. The quantitative estimate of drug-likeness (QED) is 0.864. The molecule has 0 heterocycles. The molecule has 8 heteroatoms. The molecule has 140 valence electrons. The number of anilines is 1. The molecule has 0 saturated heterocycles. The Kier molecular flexibility index (Phi) is 5.77. The maximum absolute atomic E-state index is 13.3. The summed E-state index contributed by atoms with van der Waals surface area (Å²) in [4.78, 5) is 11.8. The van der Waals surface area contributed by atoms with Gasteiger partial charge in [-0.2, -0.15) is 4.31 Å². The van der Waals surface area contributed by atoms with Gasteiger partial charge in [0.1, 0.15) is 0 Å². The molecule has 0 radical (unpaired) electrons. The summed E-state index contributed by atoms with van der Waals surface area (Å²) in [6.07, 6.45) is 0. The van der Waals surface area contributed by atoms with Crippen molar-refractivity contribution in [1.29, 1.82) is 0 Å². The first kappa shape index (κ1) is 20.0. The van der Waals surface area contributed by atoms with Crippen LogP contribution in [0, 0.1) is 32.4 Å². The molecule has 0 aliphatic carbocycles. The second-order valence-corrected chi connectivity index (χ2v) is 8.20. The van der Waals surface area contributed by atoms with Crippen LogP contribution in [-0.4, -0.2) is 32.2 Å². The number of hydrogen-bond donors (Lipinski definition) is 1. The normalized spacial score (nSPS) is 11.7. The molecule has 0 aliphatic rings. The molecule has 0 unspecified atom stereocenters. The number of aryl methyl sites for hydroxylation is 3. The lowest BCUT2D eigenvalue weighted by atomic mass is 10.1. The van der Waals surface area contributed by atoms with Gasteiger partial charge in [0.2, 0.25) is 15.9 Å². The topological polar surface area (TPSA) is 66.5 Å². The average Bonchev–Trinajstić information content (AvgIpc) is 2.53. The van der Waals surface area contributed by atoms with Crippen LogP contribution < -0.4 is 5.32 Å². The van der Waals surface area contributed by atoms with Crippen LogP contribution in [0.4, 0.5) is 14.5 Å². The molecule has 1 amide bonds. The maximum Gasteiger partial charge on any atom is 0.243 e. The molecule has 0 atom stereocenters. The third kappa shape index (κ3) is 4.25. The van der Waals surface area contributed by atoms with Crippen molar-refractivity contribution in [2.75, 3.05) is 18.9 Å². The number of benzene rings is 2. The molecule has 0 fully saturated rings. The van der Waals surface area contributed by atoms with E-state index in [1.165, 1.54) is 7.05 Å². The van der Waals surface area contributed by atoms with Crippen LogP contribution >= 0.6 is 0 Å². The number of rotatable bonds is 5. The summed E-state index contributed by atoms with van der Waals surface area (Å²) in [5, 5.41) is 2.70. The van der Waals surface area contributed by atoms with Crippen LogP contribution in [0.2, 0.25) is 0 Å². The third-order valence-corrected chi connectivity index (χ3v) is 5.71. The summed E-state index contributed by atoms with van der Waals surface area (Å²) in [6, 6.07) is 6.09. The standard InChI is InChI=1S/C18H20F2N2O3S/c1-11-7-12(2)18(13(3)8-11)21-17(23)10-22(4)26(24,25)14-5-6-15(19)16(20)9-14/h5-9H,10H2,1-4H3,(H,21,23). The number of carbonyl (C=O) groups excluding carboxylic acids is 1. The van der Waals surface area contributed by atoms with Gasteiger partial charge in [0, 0.05) is 12.7 Å². The predicted molar refractivity (Wildman–Crippen MR) is 95.5 cm³/mol. The van der Waals surface area contributed by atoms with Crippen molar-refractivity contribution in [3.05, 3.63) is 58.7 Å². The van der Waals surface area contributed by atoms with Gasteiger partial charge in [0.15, 0.2) is 11.6 Å². The largest absolute Gasteiger partial charge is 0.324 e. The summed E-state index contributed by atoms with van der Waals surface area (Å²) in [5.41, 5.74) is 3.40. The van der Waals surface area contributed by atoms with E-state index in [0.717, 1.165) is 33.1 Å². The molecule has 5 nitrogen and oxygen atoms in total. The Labute approximate surface area is 151 Å². The molecule has 0 aliphatic heterocycles. The van der Waals surface area contributed by atoms with Gasteiger partial charge in [0.05, 0.1) is 11.4 Å². The number of sulfonamides is 1. The number of hydrogen-bond acceptors (Lipinski definition) is 3. The van der Waals surface area contributed by atoms with Crippen LogP contribution in [0.5, 0.6) is 0 Å². The molecule has 26 heavy (non-hydrogen) atoms. The van der Waals surface area contributed by atoms with E-state index in [4.69, 9.17) is 0 Å². The van der Waals surface area contributed by atoms with Crippen molar-refractivity contribution in [3.63, 3.8) is 0 Å². The first-order valence-electron chi connectivity index (χ1n) is 7.81. The van der Waals surface area contributed by atoms with Gasteiger partial charge in [-0.25, -0.2) is 17.2 Å². The summed E-state index contributed by atoms with van der Waals surface area (Å²) >= 11 is 0. The van der Waals surface area contributed by atoms with E-state index in [1.54, 1.807) is 0 Å². The SMILES string of the molecule is Cc1cc(C)c(NC(=O)CN(C)S(=O)(=O)c2ccc(F)c(F)c2)c(C)c1. The molecular formula is C18H20F2N2O3S. The van der Waals surface area contributed by atoms with Crippen LogP contribution in [0.1, 0.15) is 16.7 Å². The van der Waals surface area contributed by atoms with E-state index in [0.29, 0.717) is 11.8 Å². The van der Waals surface area contributed by atoms with Gasteiger partial charge in [-0.15, -0.1) is 0 Å². The first-order valence-corrected chi connectivity index (χ1v) is 9.25. The molecular weight excluding hydrogens is 362 g/mol. The van der Waals surface area contributed by atoms with Crippen molar-refractivity contribution in [2.45, 2.75) is 25.7 Å². The van der Waals surface area contributed by atoms with E-state index in [2.05, 4.69) is 5.32 Å². The molecule has 2 aromatic carbocycles. The van der Waals surface area contributed by atoms with Gasteiger partial charge < -0.3 is 5.32 Å². The lowest BCUT2D eigenvalue weighted by Gasteiger charge is -2.18. The zero-order valence-electron chi connectivity index (χ0n) is 14.9. The Morgan fingerprint density at radius 3 is 2.15 bits per heavy atom. The molecule has 2 aromatic rings.